The predicted octanol–water partition coefficient (Wildman–Crippen LogP) is 1.19. The van der Waals surface area contributed by atoms with Crippen LogP contribution in [-0.4, -0.2) is 87.4 Å². The van der Waals surface area contributed by atoms with E-state index in [1.54, 1.807) is 4.90 Å². The van der Waals surface area contributed by atoms with Crippen LogP contribution in [0.5, 0.6) is 0 Å². The van der Waals surface area contributed by atoms with E-state index in [1.807, 2.05) is 4.90 Å². The topological polar surface area (TPSA) is 138 Å². The number of anilines is 2. The third kappa shape index (κ3) is 6.17. The molecule has 3 saturated heterocycles. The first-order valence-corrected chi connectivity index (χ1v) is 12.0. The van der Waals surface area contributed by atoms with E-state index >= 15 is 0 Å². The fourth-order valence-electron chi connectivity index (χ4n) is 4.44. The second-order valence-corrected chi connectivity index (χ2v) is 8.96. The van der Waals surface area contributed by atoms with E-state index in [2.05, 4.69) is 26.4 Å². The number of ether oxygens (including phenoxy) is 1. The highest BCUT2D eigenvalue weighted by atomic mass is 19.1. The fourth-order valence-corrected chi connectivity index (χ4v) is 4.44. The molecule has 4 rings (SSSR count). The van der Waals surface area contributed by atoms with Crippen LogP contribution in [0, 0.1) is 17.0 Å². The Labute approximate surface area is 207 Å². The Morgan fingerprint density at radius 3 is 2.50 bits per heavy atom. The van der Waals surface area contributed by atoms with E-state index in [4.69, 9.17) is 10.1 Å². The van der Waals surface area contributed by atoms with Crippen LogP contribution in [0.1, 0.15) is 19.8 Å². The van der Waals surface area contributed by atoms with E-state index in [0.717, 1.165) is 30.1 Å². The van der Waals surface area contributed by atoms with Gasteiger partial charge in [-0.1, -0.05) is 10.3 Å². The van der Waals surface area contributed by atoms with Crippen LogP contribution < -0.4 is 25.9 Å². The van der Waals surface area contributed by atoms with Crippen molar-refractivity contribution in [2.75, 3.05) is 62.2 Å². The Balaban J connectivity index is 1.30. The van der Waals surface area contributed by atoms with Crippen molar-refractivity contribution in [3.8, 4) is 0 Å². The van der Waals surface area contributed by atoms with Crippen LogP contribution in [0.4, 0.5) is 25.0 Å². The molecule has 3 aliphatic rings. The molecule has 0 unspecified atom stereocenters. The fraction of sp³-hybridized carbons (Fsp3) is 0.591. The summed E-state index contributed by atoms with van der Waals surface area (Å²) in [6.07, 6.45) is -0.146. The summed E-state index contributed by atoms with van der Waals surface area (Å²) in [7, 11) is 0. The summed E-state index contributed by atoms with van der Waals surface area (Å²) in [5.41, 5.74) is 2.87. The van der Waals surface area contributed by atoms with E-state index in [9.17, 15) is 18.4 Å². The van der Waals surface area contributed by atoms with Gasteiger partial charge in [0.15, 0.2) is 11.6 Å². The van der Waals surface area contributed by atoms with E-state index < -0.39 is 23.8 Å². The van der Waals surface area contributed by atoms with E-state index in [-0.39, 0.29) is 42.4 Å². The molecule has 1 aromatic rings. The Bertz CT molecular complexity index is 987. The van der Waals surface area contributed by atoms with Gasteiger partial charge in [0.05, 0.1) is 18.8 Å². The summed E-state index contributed by atoms with van der Waals surface area (Å²) in [5.74, 6) is -1.69. The summed E-state index contributed by atoms with van der Waals surface area (Å²) >= 11 is 0. The number of benzene rings is 1. The zero-order chi connectivity index (χ0) is 25.7. The van der Waals surface area contributed by atoms with E-state index in [0.29, 0.717) is 39.0 Å². The number of rotatable bonds is 6. The average molecular weight is 508 g/mol. The Kier molecular flexibility index (Phi) is 8.13. The number of piperidine rings is 1. The molecule has 14 heteroatoms. The molecule has 1 aromatic carbocycles. The first-order chi connectivity index (χ1) is 17.3. The zero-order valence-corrected chi connectivity index (χ0v) is 20.1. The molecule has 3 heterocycles. The molecule has 3 aliphatic heterocycles. The third-order valence-corrected chi connectivity index (χ3v) is 6.38. The molecular weight excluding hydrogens is 476 g/mol. The summed E-state index contributed by atoms with van der Waals surface area (Å²) in [5, 5.41) is 21.6. The summed E-state index contributed by atoms with van der Waals surface area (Å²) in [4.78, 5) is 27.9. The molecule has 12 nitrogen and oxygen atoms in total. The van der Waals surface area contributed by atoms with Gasteiger partial charge >= 0.3 is 6.09 Å². The number of nitrogens with zero attached hydrogens (tertiary/aromatic N) is 5. The quantitative estimate of drug-likeness (QED) is 0.196. The third-order valence-electron chi connectivity index (χ3n) is 6.38. The maximum atomic E-state index is 15.0. The minimum Gasteiger partial charge on any atom is -0.442 e. The Hall–Kier alpha value is -3.55. The maximum Gasteiger partial charge on any atom is 0.414 e. The van der Waals surface area contributed by atoms with Gasteiger partial charge in [0.2, 0.25) is 11.9 Å². The first kappa shape index (κ1) is 25.5. The summed E-state index contributed by atoms with van der Waals surface area (Å²) in [6.45, 7) is 5.39. The lowest BCUT2D eigenvalue weighted by Gasteiger charge is -2.33. The molecule has 0 saturated carbocycles. The number of guanidine groups is 1. The highest BCUT2D eigenvalue weighted by Gasteiger charge is 2.34. The summed E-state index contributed by atoms with van der Waals surface area (Å²) in [6, 6.07) is 2.23. The number of piperazine rings is 1. The van der Waals surface area contributed by atoms with Crippen molar-refractivity contribution in [1.82, 2.24) is 21.0 Å². The molecule has 196 valence electrons. The van der Waals surface area contributed by atoms with Gasteiger partial charge in [-0.25, -0.2) is 13.6 Å². The van der Waals surface area contributed by atoms with Gasteiger partial charge in [0.25, 0.3) is 0 Å². The minimum absolute atomic E-state index is 0.0221. The largest absolute Gasteiger partial charge is 0.442 e. The van der Waals surface area contributed by atoms with Crippen LogP contribution in [-0.2, 0) is 9.53 Å². The molecule has 4 N–H and O–H groups in total. The normalized spacial score (nSPS) is 21.1. The first-order valence-electron chi connectivity index (χ1n) is 12.0. The zero-order valence-electron chi connectivity index (χ0n) is 20.1. The summed E-state index contributed by atoms with van der Waals surface area (Å²) < 4.78 is 35.2. The van der Waals surface area contributed by atoms with Crippen LogP contribution >= 0.6 is 0 Å². The van der Waals surface area contributed by atoms with Gasteiger partial charge < -0.3 is 25.2 Å². The van der Waals surface area contributed by atoms with Crippen LogP contribution in [0.3, 0.4) is 0 Å². The Morgan fingerprint density at radius 1 is 1.19 bits per heavy atom. The average Bonchev–Trinajstić information content (AvgIpc) is 3.24. The minimum atomic E-state index is -0.765. The number of nitrogens with one attached hydrogen (secondary N) is 4. The number of hydrogen-bond donors (Lipinski definition) is 4. The predicted molar refractivity (Wildman–Crippen MR) is 128 cm³/mol. The van der Waals surface area contributed by atoms with E-state index in [1.165, 1.54) is 6.92 Å². The molecule has 0 spiro atoms. The number of carbonyl (C=O) groups excluding carboxylic acids is 2. The lowest BCUT2D eigenvalue weighted by atomic mass is 10.0. The second kappa shape index (κ2) is 11.5. The molecule has 0 bridgehead atoms. The highest BCUT2D eigenvalue weighted by Crippen LogP contribution is 2.32. The maximum absolute atomic E-state index is 15.0. The number of cyclic esters (lactones) is 1. The van der Waals surface area contributed by atoms with Crippen molar-refractivity contribution in [2.45, 2.75) is 31.9 Å². The monoisotopic (exact) mass is 507 g/mol. The van der Waals surface area contributed by atoms with Gasteiger partial charge in [-0.15, -0.1) is 0 Å². The lowest BCUT2D eigenvalue weighted by Crippen LogP contribution is -2.45. The van der Waals surface area contributed by atoms with Crippen molar-refractivity contribution in [2.24, 2.45) is 10.3 Å². The molecule has 0 aliphatic carbocycles. The molecule has 0 aromatic heterocycles. The van der Waals surface area contributed by atoms with Crippen LogP contribution in [0.2, 0.25) is 0 Å². The smallest absolute Gasteiger partial charge is 0.414 e. The molecule has 36 heavy (non-hydrogen) atoms. The SMILES string of the molecule is CC(=O)NC[C@H]1CN(c2cc(F)c(N3CCC(N/N=N\C(=N)N4CCNCC4)CC3)c(F)c2)C(=O)O1. The molecule has 2 amide bonds. The standard InChI is InChI=1S/C22H31F2N9O3/c1-14(34)27-12-17-13-33(22(35)36-17)16-10-18(23)20(19(24)11-16)31-6-2-15(3-7-31)28-30-29-21(25)32-8-4-26-5-9-32/h10-11,15,17,26H,2-9,12-13H2,1H3,(H,27,34)(H2,25,28,29)/t17-/m0/s1. The Morgan fingerprint density at radius 2 is 1.86 bits per heavy atom. The highest BCUT2D eigenvalue weighted by molar-refractivity contribution is 5.90. The molecule has 0 radical (unpaired) electrons. The van der Waals surface area contributed by atoms with Crippen LogP contribution in [0.15, 0.2) is 22.5 Å². The van der Waals surface area contributed by atoms with Crippen molar-refractivity contribution in [1.29, 1.82) is 5.41 Å². The number of carbonyl (C=O) groups is 2. The number of hydrogen-bond acceptors (Lipinski definition) is 7. The van der Waals surface area contributed by atoms with Gasteiger partial charge in [-0.05, 0) is 12.8 Å². The number of amides is 2. The van der Waals surface area contributed by atoms with Gasteiger partial charge in [0, 0.05) is 64.4 Å². The second-order valence-electron chi connectivity index (χ2n) is 8.96. The van der Waals surface area contributed by atoms with Gasteiger partial charge in [0.1, 0.15) is 11.8 Å². The van der Waals surface area contributed by atoms with Crippen molar-refractivity contribution >= 4 is 29.3 Å². The molecule has 1 atom stereocenters. The van der Waals surface area contributed by atoms with Gasteiger partial charge in [-0.3, -0.25) is 20.5 Å². The molecular formula is C22H31F2N9O3. The lowest BCUT2D eigenvalue weighted by molar-refractivity contribution is -0.119. The van der Waals surface area contributed by atoms with Crippen molar-refractivity contribution < 1.29 is 23.1 Å². The van der Waals surface area contributed by atoms with Crippen LogP contribution in [0.25, 0.3) is 0 Å². The molecule has 3 fully saturated rings. The van der Waals surface area contributed by atoms with Crippen molar-refractivity contribution in [3.05, 3.63) is 23.8 Å². The van der Waals surface area contributed by atoms with Gasteiger partial charge in [-0.2, -0.15) is 0 Å². The van der Waals surface area contributed by atoms with Crippen molar-refractivity contribution in [3.63, 3.8) is 0 Å². The number of halogens is 2.